The molecule has 2 fully saturated rings. The van der Waals surface area contributed by atoms with Crippen molar-refractivity contribution in [1.82, 2.24) is 9.88 Å². The average molecular weight is 328 g/mol. The number of likely N-dealkylation sites (tertiary alicyclic amines) is 1. The Labute approximate surface area is 133 Å². The van der Waals surface area contributed by atoms with Crippen molar-refractivity contribution in [1.29, 1.82) is 0 Å². The highest BCUT2D eigenvalue weighted by atomic mass is 32.1. The first-order chi connectivity index (χ1) is 10.4. The molecule has 0 radical (unpaired) electrons. The number of amides is 1. The zero-order valence-electron chi connectivity index (χ0n) is 12.9. The largest absolute Gasteiger partial charge is 0.342 e. The molecule has 2 heterocycles. The summed E-state index contributed by atoms with van der Waals surface area (Å²) in [5, 5.41) is 3.12. The Morgan fingerprint density at radius 1 is 1.27 bits per heavy atom. The molecule has 0 spiro atoms. The molecule has 122 valence electrons. The summed E-state index contributed by atoms with van der Waals surface area (Å²) in [6.07, 6.45) is 3.98. The number of carbonyl (C=O) groups excluding carboxylic acids is 1. The van der Waals surface area contributed by atoms with E-state index in [1.165, 1.54) is 0 Å². The van der Waals surface area contributed by atoms with Gasteiger partial charge in [-0.15, -0.1) is 11.3 Å². The maximum absolute atomic E-state index is 13.2. The molecule has 0 unspecified atom stereocenters. The van der Waals surface area contributed by atoms with Crippen molar-refractivity contribution in [3.63, 3.8) is 0 Å². The van der Waals surface area contributed by atoms with Crippen LogP contribution in [0.5, 0.6) is 0 Å². The third kappa shape index (κ3) is 3.16. The Morgan fingerprint density at radius 2 is 1.91 bits per heavy atom. The van der Waals surface area contributed by atoms with E-state index in [1.807, 2.05) is 16.5 Å². The molecule has 1 saturated carbocycles. The predicted octanol–water partition coefficient (Wildman–Crippen LogP) is 3.85. The minimum atomic E-state index is -2.57. The van der Waals surface area contributed by atoms with Gasteiger partial charge in [0.1, 0.15) is 0 Å². The maximum atomic E-state index is 13.2. The lowest BCUT2D eigenvalue weighted by molar-refractivity contribution is -0.141. The van der Waals surface area contributed by atoms with Gasteiger partial charge in [0.25, 0.3) is 0 Å². The molecule has 1 aliphatic heterocycles. The highest BCUT2D eigenvalue weighted by molar-refractivity contribution is 7.09. The average Bonchev–Trinajstić information content (AvgIpc) is 3.02. The Morgan fingerprint density at radius 3 is 2.45 bits per heavy atom. The summed E-state index contributed by atoms with van der Waals surface area (Å²) < 4.78 is 26.4. The lowest BCUT2D eigenvalue weighted by atomic mass is 9.80. The Hall–Kier alpha value is -1.04. The first-order valence-corrected chi connectivity index (χ1v) is 8.84. The van der Waals surface area contributed by atoms with Crippen molar-refractivity contribution in [3.05, 3.63) is 16.6 Å². The number of rotatable bonds is 2. The van der Waals surface area contributed by atoms with Crippen molar-refractivity contribution in [3.8, 4) is 0 Å². The minimum absolute atomic E-state index is 0.0462. The van der Waals surface area contributed by atoms with Gasteiger partial charge in [0.2, 0.25) is 11.8 Å². The zero-order valence-corrected chi connectivity index (χ0v) is 13.7. The number of hydrogen-bond donors (Lipinski definition) is 0. The van der Waals surface area contributed by atoms with E-state index in [0.29, 0.717) is 25.9 Å². The number of hydrogen-bond acceptors (Lipinski definition) is 3. The molecule has 1 aromatic heterocycles. The summed E-state index contributed by atoms with van der Waals surface area (Å²) >= 11 is 1.67. The van der Waals surface area contributed by atoms with E-state index >= 15 is 0 Å². The number of halogens is 2. The van der Waals surface area contributed by atoms with Gasteiger partial charge >= 0.3 is 0 Å². The second kappa shape index (κ2) is 5.87. The molecule has 3 rings (SSSR count). The molecule has 3 nitrogen and oxygen atoms in total. The number of thiazole rings is 1. The maximum Gasteiger partial charge on any atom is 0.248 e. The Balaban J connectivity index is 1.56. The van der Waals surface area contributed by atoms with Gasteiger partial charge in [-0.25, -0.2) is 13.8 Å². The van der Waals surface area contributed by atoms with Gasteiger partial charge in [0.15, 0.2) is 0 Å². The van der Waals surface area contributed by atoms with E-state index in [0.717, 1.165) is 17.8 Å². The fourth-order valence-electron chi connectivity index (χ4n) is 3.50. The van der Waals surface area contributed by atoms with Gasteiger partial charge in [0, 0.05) is 48.8 Å². The van der Waals surface area contributed by atoms with Crippen LogP contribution in [0.2, 0.25) is 0 Å². The monoisotopic (exact) mass is 328 g/mol. The third-order valence-electron chi connectivity index (χ3n) is 5.19. The van der Waals surface area contributed by atoms with Crippen LogP contribution in [-0.4, -0.2) is 34.8 Å². The Kier molecular flexibility index (Phi) is 4.23. The smallest absolute Gasteiger partial charge is 0.248 e. The van der Waals surface area contributed by atoms with Crippen LogP contribution in [0.3, 0.4) is 0 Å². The van der Waals surface area contributed by atoms with Gasteiger partial charge in [-0.2, -0.15) is 0 Å². The molecule has 1 saturated heterocycles. The first kappa shape index (κ1) is 15.8. The van der Waals surface area contributed by atoms with Crippen LogP contribution in [0, 0.1) is 5.92 Å². The van der Waals surface area contributed by atoms with Gasteiger partial charge in [-0.05, 0) is 25.7 Å². The zero-order chi connectivity index (χ0) is 15.8. The van der Waals surface area contributed by atoms with E-state index in [9.17, 15) is 13.6 Å². The summed E-state index contributed by atoms with van der Waals surface area (Å²) in [6, 6.07) is 0. The van der Waals surface area contributed by atoms with Crippen LogP contribution < -0.4 is 0 Å². The Bertz CT molecular complexity index is 514. The van der Waals surface area contributed by atoms with E-state index < -0.39 is 5.92 Å². The topological polar surface area (TPSA) is 33.2 Å². The molecule has 0 bridgehead atoms. The van der Waals surface area contributed by atoms with E-state index in [-0.39, 0.29) is 30.1 Å². The van der Waals surface area contributed by atoms with Crippen LogP contribution in [0.25, 0.3) is 0 Å². The third-order valence-corrected chi connectivity index (χ3v) is 6.27. The van der Waals surface area contributed by atoms with Crippen molar-refractivity contribution in [2.45, 2.75) is 56.8 Å². The quantitative estimate of drug-likeness (QED) is 0.826. The van der Waals surface area contributed by atoms with Crippen molar-refractivity contribution in [2.75, 3.05) is 13.1 Å². The van der Waals surface area contributed by atoms with Crippen LogP contribution in [-0.2, 0) is 10.2 Å². The minimum Gasteiger partial charge on any atom is -0.342 e. The van der Waals surface area contributed by atoms with Crippen molar-refractivity contribution >= 4 is 17.2 Å². The summed E-state index contributed by atoms with van der Waals surface area (Å²) in [7, 11) is 0. The molecular weight excluding hydrogens is 306 g/mol. The van der Waals surface area contributed by atoms with Gasteiger partial charge in [-0.1, -0.05) is 6.92 Å². The predicted molar refractivity (Wildman–Crippen MR) is 82.2 cm³/mol. The van der Waals surface area contributed by atoms with Crippen LogP contribution in [0.1, 0.15) is 50.5 Å². The standard InChI is InChI=1S/C16H22F2N2OS/c1-15(14-19-8-11-22-14)6-9-20(10-7-15)13(21)12-2-4-16(17,18)5-3-12/h8,11-12H,2-7,9-10H2,1H3. The summed E-state index contributed by atoms with van der Waals surface area (Å²) in [5.74, 6) is -2.69. The number of carbonyl (C=O) groups is 1. The number of nitrogens with zero attached hydrogens (tertiary/aromatic N) is 2. The van der Waals surface area contributed by atoms with E-state index in [4.69, 9.17) is 0 Å². The van der Waals surface area contributed by atoms with Gasteiger partial charge < -0.3 is 4.90 Å². The summed E-state index contributed by atoms with van der Waals surface area (Å²) in [6.45, 7) is 3.62. The van der Waals surface area contributed by atoms with Crippen molar-refractivity contribution in [2.24, 2.45) is 5.92 Å². The molecule has 0 atom stereocenters. The van der Waals surface area contributed by atoms with E-state index in [1.54, 1.807) is 11.3 Å². The first-order valence-electron chi connectivity index (χ1n) is 7.96. The molecular formula is C16H22F2N2OS. The van der Waals surface area contributed by atoms with Crippen LogP contribution in [0.4, 0.5) is 8.78 Å². The highest BCUT2D eigenvalue weighted by Crippen LogP contribution is 2.39. The molecule has 0 aromatic carbocycles. The van der Waals surface area contributed by atoms with Crippen LogP contribution >= 0.6 is 11.3 Å². The normalized spacial score (nSPS) is 25.1. The lowest BCUT2D eigenvalue weighted by Gasteiger charge is -2.40. The molecule has 22 heavy (non-hydrogen) atoms. The van der Waals surface area contributed by atoms with Crippen LogP contribution in [0.15, 0.2) is 11.6 Å². The van der Waals surface area contributed by atoms with E-state index in [2.05, 4.69) is 11.9 Å². The molecule has 1 aliphatic carbocycles. The second-order valence-corrected chi connectivity index (χ2v) is 7.75. The number of alkyl halides is 2. The lowest BCUT2D eigenvalue weighted by Crippen LogP contribution is -2.47. The molecule has 1 aromatic rings. The molecule has 6 heteroatoms. The highest BCUT2D eigenvalue weighted by Gasteiger charge is 2.41. The number of piperidine rings is 1. The van der Waals surface area contributed by atoms with Gasteiger partial charge in [0.05, 0.1) is 5.01 Å². The number of aromatic nitrogens is 1. The summed E-state index contributed by atoms with van der Waals surface area (Å²) in [4.78, 5) is 18.8. The molecule has 1 amide bonds. The fourth-order valence-corrected chi connectivity index (χ4v) is 4.36. The molecule has 0 N–H and O–H groups in total. The molecule has 2 aliphatic rings. The second-order valence-electron chi connectivity index (χ2n) is 6.85. The summed E-state index contributed by atoms with van der Waals surface area (Å²) in [5.41, 5.74) is 0.0462. The van der Waals surface area contributed by atoms with Crippen molar-refractivity contribution < 1.29 is 13.6 Å². The van der Waals surface area contributed by atoms with Gasteiger partial charge in [-0.3, -0.25) is 4.79 Å². The SMILES string of the molecule is CC1(c2nccs2)CCN(C(=O)C2CCC(F)(F)CC2)CC1. The fraction of sp³-hybridized carbons (Fsp3) is 0.750.